The first kappa shape index (κ1) is 16.6. The smallest absolute Gasteiger partial charge is 0.168 e. The Morgan fingerprint density at radius 2 is 1.75 bits per heavy atom. The first-order valence-corrected chi connectivity index (χ1v) is 7.54. The Labute approximate surface area is 122 Å². The van der Waals surface area contributed by atoms with E-state index in [4.69, 9.17) is 0 Å². The first-order valence-electron chi connectivity index (χ1n) is 7.54. The lowest BCUT2D eigenvalue weighted by Gasteiger charge is -2.26. The largest absolute Gasteiger partial charge is 0.294 e. The first-order chi connectivity index (χ1) is 9.35. The van der Waals surface area contributed by atoms with Gasteiger partial charge in [-0.3, -0.25) is 9.59 Å². The van der Waals surface area contributed by atoms with E-state index in [1.165, 1.54) is 0 Å². The number of carbonyl (C=O) groups excluding carboxylic acids is 2. The van der Waals surface area contributed by atoms with E-state index >= 15 is 0 Å². The van der Waals surface area contributed by atoms with Crippen molar-refractivity contribution < 1.29 is 9.59 Å². The quantitative estimate of drug-likeness (QED) is 0.661. The fraction of sp³-hybridized carbons (Fsp3) is 0.556. The predicted octanol–water partition coefficient (Wildman–Crippen LogP) is 4.92. The molecule has 0 aliphatic heterocycles. The number of rotatable bonds is 7. The van der Waals surface area contributed by atoms with Gasteiger partial charge in [0.15, 0.2) is 11.6 Å². The van der Waals surface area contributed by atoms with Crippen molar-refractivity contribution in [1.29, 1.82) is 0 Å². The summed E-state index contributed by atoms with van der Waals surface area (Å²) in [6.45, 7) is 9.93. The van der Waals surface area contributed by atoms with Gasteiger partial charge in [0.1, 0.15) is 0 Å². The third-order valence-electron chi connectivity index (χ3n) is 4.06. The summed E-state index contributed by atoms with van der Waals surface area (Å²) in [5.74, 6) is 0.196. The van der Waals surface area contributed by atoms with Crippen LogP contribution < -0.4 is 0 Å². The molecule has 1 aromatic carbocycles. The summed E-state index contributed by atoms with van der Waals surface area (Å²) in [5, 5.41) is 0. The zero-order chi connectivity index (χ0) is 15.3. The highest BCUT2D eigenvalue weighted by Crippen LogP contribution is 2.32. The molecule has 1 aromatic rings. The molecule has 1 unspecified atom stereocenters. The van der Waals surface area contributed by atoms with Gasteiger partial charge in [-0.25, -0.2) is 0 Å². The van der Waals surface area contributed by atoms with Crippen LogP contribution in [0.2, 0.25) is 0 Å². The summed E-state index contributed by atoms with van der Waals surface area (Å²) in [7, 11) is 0. The maximum absolute atomic E-state index is 12.7. The second-order valence-electron chi connectivity index (χ2n) is 6.09. The van der Waals surface area contributed by atoms with Gasteiger partial charge in [-0.05, 0) is 18.9 Å². The second-order valence-corrected chi connectivity index (χ2v) is 6.09. The molecule has 110 valence electrons. The monoisotopic (exact) mass is 274 g/mol. The van der Waals surface area contributed by atoms with Crippen LogP contribution in [0, 0.1) is 11.3 Å². The molecule has 0 aromatic heterocycles. The molecule has 0 aliphatic rings. The predicted molar refractivity (Wildman–Crippen MR) is 83.2 cm³/mol. The molecule has 20 heavy (non-hydrogen) atoms. The SMILES string of the molecule is CCCC(C)(CC)C(=O)c1cccc(C(=O)C(C)C)c1. The third kappa shape index (κ3) is 3.56. The summed E-state index contributed by atoms with van der Waals surface area (Å²) < 4.78 is 0. The molecule has 0 radical (unpaired) electrons. The Balaban J connectivity index is 3.11. The molecular weight excluding hydrogens is 248 g/mol. The van der Waals surface area contributed by atoms with Crippen molar-refractivity contribution in [2.24, 2.45) is 11.3 Å². The van der Waals surface area contributed by atoms with Crippen LogP contribution in [0.5, 0.6) is 0 Å². The van der Waals surface area contributed by atoms with Gasteiger partial charge in [0.2, 0.25) is 0 Å². The van der Waals surface area contributed by atoms with Crippen molar-refractivity contribution in [3.8, 4) is 0 Å². The Hall–Kier alpha value is -1.44. The Kier molecular flexibility index (Phi) is 5.67. The van der Waals surface area contributed by atoms with E-state index in [2.05, 4.69) is 13.8 Å². The van der Waals surface area contributed by atoms with Gasteiger partial charge in [-0.15, -0.1) is 0 Å². The van der Waals surface area contributed by atoms with Crippen LogP contribution >= 0.6 is 0 Å². The van der Waals surface area contributed by atoms with Crippen molar-refractivity contribution in [3.63, 3.8) is 0 Å². The summed E-state index contributed by atoms with van der Waals surface area (Å²) in [6.07, 6.45) is 2.69. The zero-order valence-corrected chi connectivity index (χ0v) is 13.3. The number of hydrogen-bond acceptors (Lipinski definition) is 2. The molecule has 0 bridgehead atoms. The van der Waals surface area contributed by atoms with Crippen LogP contribution in [0.4, 0.5) is 0 Å². The second kappa shape index (κ2) is 6.83. The van der Waals surface area contributed by atoms with Crippen molar-refractivity contribution in [1.82, 2.24) is 0 Å². The van der Waals surface area contributed by atoms with Crippen LogP contribution in [-0.4, -0.2) is 11.6 Å². The lowest BCUT2D eigenvalue weighted by Crippen LogP contribution is -2.27. The van der Waals surface area contributed by atoms with E-state index in [1.54, 1.807) is 12.1 Å². The fourth-order valence-corrected chi connectivity index (χ4v) is 2.50. The Morgan fingerprint density at radius 3 is 2.25 bits per heavy atom. The molecule has 2 heteroatoms. The van der Waals surface area contributed by atoms with Crippen LogP contribution in [0.3, 0.4) is 0 Å². The Morgan fingerprint density at radius 1 is 1.15 bits per heavy atom. The number of hydrogen-bond donors (Lipinski definition) is 0. The van der Waals surface area contributed by atoms with Crippen LogP contribution in [0.25, 0.3) is 0 Å². The average Bonchev–Trinajstić information content (AvgIpc) is 2.45. The van der Waals surface area contributed by atoms with Gasteiger partial charge >= 0.3 is 0 Å². The minimum Gasteiger partial charge on any atom is -0.294 e. The van der Waals surface area contributed by atoms with Gasteiger partial charge in [-0.1, -0.05) is 59.2 Å². The topological polar surface area (TPSA) is 34.1 Å². The average molecular weight is 274 g/mol. The molecule has 0 fully saturated rings. The van der Waals surface area contributed by atoms with Crippen molar-refractivity contribution in [2.45, 2.75) is 53.9 Å². The van der Waals surface area contributed by atoms with Crippen molar-refractivity contribution in [2.75, 3.05) is 0 Å². The normalized spacial score (nSPS) is 14.1. The van der Waals surface area contributed by atoms with Crippen LogP contribution in [0.15, 0.2) is 24.3 Å². The molecule has 1 atom stereocenters. The number of Topliss-reactive ketones (excluding diaryl/α,β-unsaturated/α-hetero) is 2. The highest BCUT2D eigenvalue weighted by molar-refractivity contribution is 6.04. The lowest BCUT2D eigenvalue weighted by atomic mass is 9.76. The van der Waals surface area contributed by atoms with Gasteiger partial charge in [-0.2, -0.15) is 0 Å². The van der Waals surface area contributed by atoms with E-state index in [1.807, 2.05) is 32.9 Å². The highest BCUT2D eigenvalue weighted by Gasteiger charge is 2.31. The summed E-state index contributed by atoms with van der Waals surface area (Å²) in [6, 6.07) is 7.18. The van der Waals surface area contributed by atoms with Gasteiger partial charge < -0.3 is 0 Å². The molecule has 2 nitrogen and oxygen atoms in total. The summed E-state index contributed by atoms with van der Waals surface area (Å²) in [4.78, 5) is 24.8. The zero-order valence-electron chi connectivity index (χ0n) is 13.3. The molecule has 0 N–H and O–H groups in total. The molecule has 0 saturated carbocycles. The van der Waals surface area contributed by atoms with Crippen molar-refractivity contribution >= 4 is 11.6 Å². The van der Waals surface area contributed by atoms with Crippen molar-refractivity contribution in [3.05, 3.63) is 35.4 Å². The van der Waals surface area contributed by atoms with Gasteiger partial charge in [0.25, 0.3) is 0 Å². The lowest BCUT2D eigenvalue weighted by molar-refractivity contribution is 0.0793. The fourth-order valence-electron chi connectivity index (χ4n) is 2.50. The minimum atomic E-state index is -0.325. The van der Waals surface area contributed by atoms with E-state index in [0.717, 1.165) is 19.3 Å². The number of ketones is 2. The van der Waals surface area contributed by atoms with E-state index in [9.17, 15) is 9.59 Å². The molecular formula is C18H26O2. The van der Waals surface area contributed by atoms with E-state index < -0.39 is 0 Å². The molecule has 1 rings (SSSR count). The van der Waals surface area contributed by atoms with Gasteiger partial charge in [0, 0.05) is 22.5 Å². The minimum absolute atomic E-state index is 0.0476. The molecule has 0 spiro atoms. The Bertz CT molecular complexity index is 488. The van der Waals surface area contributed by atoms with E-state index in [0.29, 0.717) is 11.1 Å². The standard InChI is InChI=1S/C18H26O2/c1-6-11-18(5,7-2)17(20)15-10-8-9-14(12-15)16(19)13(3)4/h8-10,12-13H,6-7,11H2,1-5H3. The summed E-state index contributed by atoms with van der Waals surface area (Å²) >= 11 is 0. The third-order valence-corrected chi connectivity index (χ3v) is 4.06. The van der Waals surface area contributed by atoms with Gasteiger partial charge in [0.05, 0.1) is 0 Å². The molecule has 0 amide bonds. The maximum Gasteiger partial charge on any atom is 0.168 e. The highest BCUT2D eigenvalue weighted by atomic mass is 16.1. The molecule has 0 heterocycles. The van der Waals surface area contributed by atoms with Crippen LogP contribution in [0.1, 0.15) is 74.6 Å². The number of benzene rings is 1. The molecule has 0 saturated heterocycles. The van der Waals surface area contributed by atoms with Crippen LogP contribution in [-0.2, 0) is 0 Å². The number of carbonyl (C=O) groups is 2. The summed E-state index contributed by atoms with van der Waals surface area (Å²) in [5.41, 5.74) is 0.976. The maximum atomic E-state index is 12.7. The van der Waals surface area contributed by atoms with E-state index in [-0.39, 0.29) is 22.9 Å². The molecule has 0 aliphatic carbocycles.